The van der Waals surface area contributed by atoms with Crippen LogP contribution in [0.1, 0.15) is 16.8 Å². The van der Waals surface area contributed by atoms with Crippen LogP contribution in [0.2, 0.25) is 0 Å². The van der Waals surface area contributed by atoms with Gasteiger partial charge in [0.15, 0.2) is 0 Å². The quantitative estimate of drug-likeness (QED) is 0.666. The van der Waals surface area contributed by atoms with E-state index in [1.165, 1.54) is 0 Å². The highest BCUT2D eigenvalue weighted by Gasteiger charge is 2.42. The third-order valence-electron chi connectivity index (χ3n) is 6.07. The van der Waals surface area contributed by atoms with Gasteiger partial charge in [0.2, 0.25) is 5.95 Å². The Morgan fingerprint density at radius 1 is 1.00 bits per heavy atom. The van der Waals surface area contributed by atoms with E-state index in [4.69, 9.17) is 14.5 Å². The largest absolute Gasteiger partial charge is 0.496 e. The summed E-state index contributed by atoms with van der Waals surface area (Å²) in [5.41, 5.74) is 1.42. The van der Waals surface area contributed by atoms with Crippen LogP contribution in [0.15, 0.2) is 48.7 Å². The minimum absolute atomic E-state index is 0.0553. The van der Waals surface area contributed by atoms with Crippen molar-refractivity contribution in [3.63, 3.8) is 0 Å². The predicted octanol–water partition coefficient (Wildman–Crippen LogP) is 3.00. The van der Waals surface area contributed by atoms with Crippen LogP contribution < -0.4 is 14.4 Å². The first-order chi connectivity index (χ1) is 14.7. The third-order valence-corrected chi connectivity index (χ3v) is 6.07. The minimum atomic E-state index is -0.0553. The molecule has 0 radical (unpaired) electrons. The summed E-state index contributed by atoms with van der Waals surface area (Å²) in [4.78, 5) is 27.0. The van der Waals surface area contributed by atoms with Gasteiger partial charge in [-0.1, -0.05) is 24.3 Å². The molecule has 2 aliphatic heterocycles. The number of aromatic nitrogens is 2. The monoisotopic (exact) mass is 404 g/mol. The van der Waals surface area contributed by atoms with E-state index in [1.54, 1.807) is 26.4 Å². The smallest absolute Gasteiger partial charge is 0.261 e. The maximum absolute atomic E-state index is 13.4. The Balaban J connectivity index is 1.41. The Bertz CT molecular complexity index is 1080. The number of methoxy groups -OCH3 is 2. The number of fused-ring (bicyclic) bond motifs is 3. The summed E-state index contributed by atoms with van der Waals surface area (Å²) < 4.78 is 10.9. The second-order valence-electron chi connectivity index (χ2n) is 7.88. The maximum atomic E-state index is 13.4. The van der Waals surface area contributed by atoms with Gasteiger partial charge in [-0.05, 0) is 30.5 Å². The van der Waals surface area contributed by atoms with Crippen LogP contribution in [0.25, 0.3) is 10.9 Å². The number of hydrogen-bond acceptors (Lipinski definition) is 6. The number of carbonyl (C=O) groups is 1. The van der Waals surface area contributed by atoms with Crippen molar-refractivity contribution in [2.24, 2.45) is 5.92 Å². The molecular formula is C23H24N4O3. The molecule has 5 rings (SSSR count). The summed E-state index contributed by atoms with van der Waals surface area (Å²) in [6.45, 7) is 2.20. The number of hydrogen-bond donors (Lipinski definition) is 0. The summed E-state index contributed by atoms with van der Waals surface area (Å²) in [5.74, 6) is 2.15. The standard InChI is InChI=1S/C23H24N4O3/c1-29-19-8-5-9-20(30-2)21(19)22(28)26-12-15-10-17(14-26)27(13-15)23-24-11-16-6-3-4-7-18(16)25-23/h3-9,11,15,17H,10,12-14H2,1-2H3. The molecule has 7 nitrogen and oxygen atoms in total. The van der Waals surface area contributed by atoms with Crippen molar-refractivity contribution in [2.45, 2.75) is 12.5 Å². The normalized spacial score (nSPS) is 20.5. The molecule has 154 valence electrons. The van der Waals surface area contributed by atoms with E-state index in [0.717, 1.165) is 29.8 Å². The molecule has 0 N–H and O–H groups in total. The van der Waals surface area contributed by atoms with Crippen molar-refractivity contribution < 1.29 is 14.3 Å². The van der Waals surface area contributed by atoms with Crippen LogP contribution in [0, 0.1) is 5.92 Å². The molecule has 0 spiro atoms. The first-order valence-corrected chi connectivity index (χ1v) is 10.2. The van der Waals surface area contributed by atoms with Crippen molar-refractivity contribution in [3.8, 4) is 11.5 Å². The summed E-state index contributed by atoms with van der Waals surface area (Å²) in [6, 6.07) is 13.6. The minimum Gasteiger partial charge on any atom is -0.496 e. The predicted molar refractivity (Wildman–Crippen MR) is 114 cm³/mol. The number of amides is 1. The molecule has 1 amide bonds. The molecule has 30 heavy (non-hydrogen) atoms. The highest BCUT2D eigenvalue weighted by Crippen LogP contribution is 2.35. The summed E-state index contributed by atoms with van der Waals surface area (Å²) in [6.07, 6.45) is 2.92. The van der Waals surface area contributed by atoms with E-state index in [9.17, 15) is 4.79 Å². The zero-order chi connectivity index (χ0) is 20.7. The van der Waals surface area contributed by atoms with Crippen molar-refractivity contribution >= 4 is 22.8 Å². The summed E-state index contributed by atoms with van der Waals surface area (Å²) in [7, 11) is 3.15. The lowest BCUT2D eigenvalue weighted by Gasteiger charge is -2.33. The fourth-order valence-electron chi connectivity index (χ4n) is 4.69. The Morgan fingerprint density at radius 2 is 1.77 bits per heavy atom. The van der Waals surface area contributed by atoms with Crippen LogP contribution in [0.4, 0.5) is 5.95 Å². The van der Waals surface area contributed by atoms with E-state index in [0.29, 0.717) is 36.1 Å². The van der Waals surface area contributed by atoms with Crippen molar-refractivity contribution in [1.29, 1.82) is 0 Å². The first-order valence-electron chi connectivity index (χ1n) is 10.2. The first kappa shape index (κ1) is 18.7. The van der Waals surface area contributed by atoms with Crippen LogP contribution >= 0.6 is 0 Å². The molecule has 2 fully saturated rings. The van der Waals surface area contributed by atoms with Gasteiger partial charge in [0.25, 0.3) is 5.91 Å². The van der Waals surface area contributed by atoms with E-state index < -0.39 is 0 Å². The zero-order valence-corrected chi connectivity index (χ0v) is 17.1. The number of para-hydroxylation sites is 1. The van der Waals surface area contributed by atoms with Crippen LogP contribution in [-0.2, 0) is 0 Å². The number of piperidine rings is 1. The van der Waals surface area contributed by atoms with Gasteiger partial charge >= 0.3 is 0 Å². The topological polar surface area (TPSA) is 67.8 Å². The molecule has 2 saturated heterocycles. The van der Waals surface area contributed by atoms with E-state index in [-0.39, 0.29) is 11.9 Å². The van der Waals surface area contributed by atoms with Gasteiger partial charge in [-0.25, -0.2) is 9.97 Å². The number of carbonyl (C=O) groups excluding carboxylic acids is 1. The second kappa shape index (κ2) is 7.48. The highest BCUT2D eigenvalue weighted by atomic mass is 16.5. The van der Waals surface area contributed by atoms with Gasteiger partial charge in [0.05, 0.1) is 19.7 Å². The number of likely N-dealkylation sites (tertiary alicyclic amines) is 1. The second-order valence-corrected chi connectivity index (χ2v) is 7.88. The van der Waals surface area contributed by atoms with Gasteiger partial charge in [0, 0.05) is 37.3 Å². The van der Waals surface area contributed by atoms with Crippen molar-refractivity contribution in [1.82, 2.24) is 14.9 Å². The molecule has 2 bridgehead atoms. The SMILES string of the molecule is COc1cccc(OC)c1C(=O)N1CC2CC(C1)N(c1ncc3ccccc3n1)C2. The molecule has 2 aromatic carbocycles. The molecule has 0 aliphatic carbocycles. The van der Waals surface area contributed by atoms with E-state index in [2.05, 4.69) is 9.88 Å². The Labute approximate surface area is 175 Å². The third kappa shape index (κ3) is 3.10. The fourth-order valence-corrected chi connectivity index (χ4v) is 4.69. The fraction of sp³-hybridized carbons (Fsp3) is 0.348. The molecule has 2 atom stereocenters. The number of rotatable bonds is 4. The Morgan fingerprint density at radius 3 is 2.53 bits per heavy atom. The average Bonchev–Trinajstić information content (AvgIpc) is 3.10. The van der Waals surface area contributed by atoms with Gasteiger partial charge < -0.3 is 19.3 Å². The van der Waals surface area contributed by atoms with Crippen LogP contribution in [0.3, 0.4) is 0 Å². The molecule has 2 aliphatic rings. The van der Waals surface area contributed by atoms with Gasteiger partial charge in [-0.2, -0.15) is 0 Å². The van der Waals surface area contributed by atoms with Gasteiger partial charge in [-0.3, -0.25) is 4.79 Å². The molecule has 3 heterocycles. The lowest BCUT2D eigenvalue weighted by molar-refractivity contribution is 0.0687. The van der Waals surface area contributed by atoms with Gasteiger partial charge in [-0.15, -0.1) is 0 Å². The number of benzene rings is 2. The zero-order valence-electron chi connectivity index (χ0n) is 17.1. The molecule has 3 aromatic rings. The van der Waals surface area contributed by atoms with Crippen molar-refractivity contribution in [3.05, 3.63) is 54.2 Å². The Hall–Kier alpha value is -3.35. The van der Waals surface area contributed by atoms with E-state index in [1.807, 2.05) is 41.4 Å². The lowest BCUT2D eigenvalue weighted by atomic mass is 9.99. The summed E-state index contributed by atoms with van der Waals surface area (Å²) in [5, 5.41) is 1.03. The maximum Gasteiger partial charge on any atom is 0.261 e. The van der Waals surface area contributed by atoms with E-state index >= 15 is 0 Å². The molecular weight excluding hydrogens is 380 g/mol. The van der Waals surface area contributed by atoms with Crippen LogP contribution in [-0.4, -0.2) is 60.7 Å². The van der Waals surface area contributed by atoms with Gasteiger partial charge in [0.1, 0.15) is 17.1 Å². The van der Waals surface area contributed by atoms with Crippen molar-refractivity contribution in [2.75, 3.05) is 38.8 Å². The molecule has 0 saturated carbocycles. The Kier molecular flexibility index (Phi) is 4.65. The highest BCUT2D eigenvalue weighted by molar-refractivity contribution is 6.00. The lowest BCUT2D eigenvalue weighted by Crippen LogP contribution is -2.45. The number of nitrogens with zero attached hydrogens (tertiary/aromatic N) is 4. The summed E-state index contributed by atoms with van der Waals surface area (Å²) >= 11 is 0. The molecule has 1 aromatic heterocycles. The number of ether oxygens (including phenoxy) is 2. The number of anilines is 1. The molecule has 2 unspecified atom stereocenters. The van der Waals surface area contributed by atoms with Crippen LogP contribution in [0.5, 0.6) is 11.5 Å². The molecule has 7 heteroatoms. The average molecular weight is 404 g/mol.